The maximum atomic E-state index is 12.6. The molecule has 152 valence electrons. The molecule has 0 radical (unpaired) electrons. The van der Waals surface area contributed by atoms with Crippen molar-refractivity contribution in [3.63, 3.8) is 0 Å². The van der Waals surface area contributed by atoms with Crippen molar-refractivity contribution in [1.82, 2.24) is 29.4 Å². The number of rotatable bonds is 6. The SMILES string of the molecule is CCOC(=O)c1nn(Cc2ccccn2)c2c1CN(Cc1cnn(C)c1C)CC2. The highest BCUT2D eigenvalue weighted by molar-refractivity contribution is 5.89. The van der Waals surface area contributed by atoms with Crippen LogP contribution in [0.1, 0.15) is 45.6 Å². The number of carbonyl (C=O) groups is 1. The molecule has 4 rings (SSSR count). The van der Waals surface area contributed by atoms with Crippen LogP contribution in [0.5, 0.6) is 0 Å². The minimum absolute atomic E-state index is 0.333. The van der Waals surface area contributed by atoms with E-state index in [1.54, 1.807) is 6.20 Å². The third-order valence-electron chi connectivity index (χ3n) is 5.45. The molecule has 8 heteroatoms. The highest BCUT2D eigenvalue weighted by Crippen LogP contribution is 2.25. The second-order valence-electron chi connectivity index (χ2n) is 7.31. The van der Waals surface area contributed by atoms with Crippen LogP contribution in [0.2, 0.25) is 0 Å². The summed E-state index contributed by atoms with van der Waals surface area (Å²) in [7, 11) is 1.95. The van der Waals surface area contributed by atoms with Gasteiger partial charge in [0.25, 0.3) is 0 Å². The number of aromatic nitrogens is 5. The molecule has 1 aliphatic heterocycles. The van der Waals surface area contributed by atoms with E-state index in [0.717, 1.165) is 42.2 Å². The van der Waals surface area contributed by atoms with Gasteiger partial charge in [-0.3, -0.25) is 19.2 Å². The normalized spacial score (nSPS) is 14.0. The van der Waals surface area contributed by atoms with Gasteiger partial charge < -0.3 is 4.74 Å². The number of pyridine rings is 1. The van der Waals surface area contributed by atoms with Gasteiger partial charge in [0.05, 0.1) is 25.0 Å². The Labute approximate surface area is 170 Å². The summed E-state index contributed by atoms with van der Waals surface area (Å²) in [5.41, 5.74) is 5.76. The van der Waals surface area contributed by atoms with Gasteiger partial charge in [0.2, 0.25) is 0 Å². The quantitative estimate of drug-likeness (QED) is 0.596. The lowest BCUT2D eigenvalue weighted by Gasteiger charge is -2.27. The molecular weight excluding hydrogens is 368 g/mol. The Morgan fingerprint density at radius 2 is 2.14 bits per heavy atom. The van der Waals surface area contributed by atoms with Gasteiger partial charge >= 0.3 is 5.97 Å². The fraction of sp³-hybridized carbons (Fsp3) is 0.429. The van der Waals surface area contributed by atoms with Crippen molar-refractivity contribution < 1.29 is 9.53 Å². The lowest BCUT2D eigenvalue weighted by molar-refractivity contribution is 0.0515. The molecule has 0 N–H and O–H groups in total. The average Bonchev–Trinajstić information content (AvgIpc) is 3.24. The molecule has 29 heavy (non-hydrogen) atoms. The fourth-order valence-electron chi connectivity index (χ4n) is 3.76. The standard InChI is InChI=1S/C21H26N6O2/c1-4-29-21(28)20-18-14-26(12-16-11-23-25(3)15(16)2)10-8-19(18)27(24-20)13-17-7-5-6-9-22-17/h5-7,9,11H,4,8,10,12-14H2,1-3H3. The van der Waals surface area contributed by atoms with Crippen LogP contribution in [0.15, 0.2) is 30.6 Å². The van der Waals surface area contributed by atoms with Gasteiger partial charge in [-0.1, -0.05) is 6.07 Å². The molecule has 0 saturated carbocycles. The van der Waals surface area contributed by atoms with Crippen LogP contribution in [0, 0.1) is 6.92 Å². The van der Waals surface area contributed by atoms with Gasteiger partial charge in [0.1, 0.15) is 0 Å². The number of carbonyl (C=O) groups excluding carboxylic acids is 1. The first-order chi connectivity index (χ1) is 14.1. The van der Waals surface area contributed by atoms with E-state index in [1.165, 1.54) is 5.56 Å². The maximum Gasteiger partial charge on any atom is 0.359 e. The monoisotopic (exact) mass is 394 g/mol. The molecule has 0 bridgehead atoms. The number of ether oxygens (including phenoxy) is 1. The van der Waals surface area contributed by atoms with Crippen molar-refractivity contribution in [3.05, 3.63) is 64.5 Å². The van der Waals surface area contributed by atoms with Crippen LogP contribution in [0.4, 0.5) is 0 Å². The van der Waals surface area contributed by atoms with Crippen LogP contribution in [0.25, 0.3) is 0 Å². The molecule has 4 heterocycles. The molecule has 0 spiro atoms. The molecule has 0 aromatic carbocycles. The summed E-state index contributed by atoms with van der Waals surface area (Å²) >= 11 is 0. The first-order valence-corrected chi connectivity index (χ1v) is 9.92. The summed E-state index contributed by atoms with van der Waals surface area (Å²) in [6.45, 7) is 7.13. The topological polar surface area (TPSA) is 78.1 Å². The van der Waals surface area contributed by atoms with Gasteiger partial charge in [-0.2, -0.15) is 10.2 Å². The van der Waals surface area contributed by atoms with Crippen molar-refractivity contribution in [3.8, 4) is 0 Å². The third-order valence-corrected chi connectivity index (χ3v) is 5.45. The minimum Gasteiger partial charge on any atom is -0.461 e. The molecule has 3 aromatic heterocycles. The Morgan fingerprint density at radius 3 is 2.83 bits per heavy atom. The zero-order valence-electron chi connectivity index (χ0n) is 17.1. The predicted octanol–water partition coefficient (Wildman–Crippen LogP) is 2.10. The highest BCUT2D eigenvalue weighted by atomic mass is 16.5. The number of nitrogens with zero attached hydrogens (tertiary/aromatic N) is 6. The van der Waals surface area contributed by atoms with E-state index in [4.69, 9.17) is 4.74 Å². The molecule has 0 saturated heterocycles. The zero-order chi connectivity index (χ0) is 20.4. The molecule has 0 unspecified atom stereocenters. The molecule has 0 atom stereocenters. The number of hydrogen-bond acceptors (Lipinski definition) is 6. The third kappa shape index (κ3) is 3.93. The minimum atomic E-state index is -0.358. The van der Waals surface area contributed by atoms with E-state index < -0.39 is 0 Å². The van der Waals surface area contributed by atoms with Gasteiger partial charge in [-0.25, -0.2) is 4.79 Å². The van der Waals surface area contributed by atoms with Gasteiger partial charge in [0, 0.05) is 61.8 Å². The molecule has 0 amide bonds. The summed E-state index contributed by atoms with van der Waals surface area (Å²) in [4.78, 5) is 19.3. The first-order valence-electron chi connectivity index (χ1n) is 9.92. The lowest BCUT2D eigenvalue weighted by atomic mass is 10.0. The summed E-state index contributed by atoms with van der Waals surface area (Å²) in [6, 6.07) is 5.82. The number of fused-ring (bicyclic) bond motifs is 1. The second-order valence-corrected chi connectivity index (χ2v) is 7.31. The van der Waals surface area contributed by atoms with E-state index in [1.807, 2.05) is 47.7 Å². The summed E-state index contributed by atoms with van der Waals surface area (Å²) in [6.07, 6.45) is 4.52. The van der Waals surface area contributed by atoms with Crippen molar-refractivity contribution in [2.24, 2.45) is 7.05 Å². The van der Waals surface area contributed by atoms with Crippen molar-refractivity contribution >= 4 is 5.97 Å². The predicted molar refractivity (Wildman–Crippen MR) is 107 cm³/mol. The van der Waals surface area contributed by atoms with Crippen LogP contribution in [-0.2, 0) is 37.8 Å². The second kappa shape index (κ2) is 8.16. The Balaban J connectivity index is 1.62. The molecule has 8 nitrogen and oxygen atoms in total. The maximum absolute atomic E-state index is 12.6. The van der Waals surface area contributed by atoms with Crippen LogP contribution in [-0.4, -0.2) is 48.6 Å². The van der Waals surface area contributed by atoms with Gasteiger partial charge in [-0.15, -0.1) is 0 Å². The zero-order valence-corrected chi connectivity index (χ0v) is 17.1. The highest BCUT2D eigenvalue weighted by Gasteiger charge is 2.29. The van der Waals surface area contributed by atoms with Crippen LogP contribution >= 0.6 is 0 Å². The Bertz CT molecular complexity index is 1010. The van der Waals surface area contributed by atoms with E-state index in [0.29, 0.717) is 25.4 Å². The van der Waals surface area contributed by atoms with E-state index >= 15 is 0 Å². The molecule has 0 aliphatic carbocycles. The molecule has 1 aliphatic rings. The van der Waals surface area contributed by atoms with Crippen molar-refractivity contribution in [2.45, 2.75) is 39.9 Å². The molecule has 3 aromatic rings. The largest absolute Gasteiger partial charge is 0.461 e. The first kappa shape index (κ1) is 19.3. The Kier molecular flexibility index (Phi) is 5.44. The Hall–Kier alpha value is -3.00. The number of aryl methyl sites for hydroxylation is 1. The van der Waals surface area contributed by atoms with E-state index in [-0.39, 0.29) is 5.97 Å². The van der Waals surface area contributed by atoms with Gasteiger partial charge in [-0.05, 0) is 26.0 Å². The smallest absolute Gasteiger partial charge is 0.359 e. The molecular formula is C21H26N6O2. The average molecular weight is 394 g/mol. The van der Waals surface area contributed by atoms with Crippen molar-refractivity contribution in [2.75, 3.05) is 13.2 Å². The lowest BCUT2D eigenvalue weighted by Crippen LogP contribution is -2.31. The number of hydrogen-bond donors (Lipinski definition) is 0. The van der Waals surface area contributed by atoms with E-state index in [9.17, 15) is 4.79 Å². The summed E-state index contributed by atoms with van der Waals surface area (Å²) in [5, 5.41) is 8.97. The summed E-state index contributed by atoms with van der Waals surface area (Å²) < 4.78 is 9.07. The van der Waals surface area contributed by atoms with Crippen LogP contribution in [0.3, 0.4) is 0 Å². The summed E-state index contributed by atoms with van der Waals surface area (Å²) in [5.74, 6) is -0.358. The van der Waals surface area contributed by atoms with Crippen LogP contribution < -0.4 is 0 Å². The number of esters is 1. The van der Waals surface area contributed by atoms with E-state index in [2.05, 4.69) is 27.0 Å². The van der Waals surface area contributed by atoms with Crippen molar-refractivity contribution in [1.29, 1.82) is 0 Å². The van der Waals surface area contributed by atoms with Gasteiger partial charge in [0.15, 0.2) is 5.69 Å². The molecule has 0 fully saturated rings. The Morgan fingerprint density at radius 1 is 1.28 bits per heavy atom. The fourth-order valence-corrected chi connectivity index (χ4v) is 3.76.